The fourth-order valence-electron chi connectivity index (χ4n) is 7.18. The van der Waals surface area contributed by atoms with Gasteiger partial charge in [0.25, 0.3) is 5.91 Å². The first kappa shape index (κ1) is 40.2. The van der Waals surface area contributed by atoms with Crippen molar-refractivity contribution in [2.24, 2.45) is 5.41 Å². The van der Waals surface area contributed by atoms with Crippen LogP contribution in [-0.4, -0.2) is 105 Å². The molecule has 4 aromatic carbocycles. The third-order valence-electron chi connectivity index (χ3n) is 10.5. The quantitative estimate of drug-likeness (QED) is 0.154. The van der Waals surface area contributed by atoms with Crippen LogP contribution < -0.4 is 15.1 Å². The molecule has 0 saturated carbocycles. The van der Waals surface area contributed by atoms with Crippen LogP contribution in [0.2, 0.25) is 0 Å². The van der Waals surface area contributed by atoms with E-state index in [0.29, 0.717) is 37.5 Å². The number of aromatic nitrogens is 4. The fourth-order valence-corrected chi connectivity index (χ4v) is 7.18. The number of anilines is 2. The zero-order valence-corrected chi connectivity index (χ0v) is 33.3. The molecule has 12 nitrogen and oxygen atoms in total. The lowest BCUT2D eigenvalue weighted by Gasteiger charge is -2.38. The van der Waals surface area contributed by atoms with Gasteiger partial charge in [-0.2, -0.15) is 0 Å². The highest BCUT2D eigenvalue weighted by atomic mass is 19.1. The Morgan fingerprint density at radius 2 is 1.12 bits per heavy atom. The zero-order valence-electron chi connectivity index (χ0n) is 33.3. The van der Waals surface area contributed by atoms with E-state index in [0.717, 1.165) is 59.4 Å². The molecule has 6 aromatic rings. The van der Waals surface area contributed by atoms with Gasteiger partial charge in [0.05, 0.1) is 22.2 Å². The summed E-state index contributed by atoms with van der Waals surface area (Å²) in [6.45, 7) is 14.7. The Morgan fingerprint density at radius 1 is 0.672 bits per heavy atom. The molecular formula is C44H48F2N8O4. The molecule has 0 aliphatic carbocycles. The summed E-state index contributed by atoms with van der Waals surface area (Å²) in [6, 6.07) is 20.1. The van der Waals surface area contributed by atoms with E-state index in [4.69, 9.17) is 0 Å². The van der Waals surface area contributed by atoms with Gasteiger partial charge in [0, 0.05) is 63.1 Å². The van der Waals surface area contributed by atoms with E-state index < -0.39 is 23.2 Å². The number of aliphatic hydroxyl groups excluding tert-OH is 1. The van der Waals surface area contributed by atoms with Crippen LogP contribution in [-0.2, 0) is 4.79 Å². The van der Waals surface area contributed by atoms with Crippen LogP contribution in [0.1, 0.15) is 31.9 Å². The number of nitrogens with zero attached hydrogens (tertiary/aromatic N) is 7. The van der Waals surface area contributed by atoms with Gasteiger partial charge in [0.1, 0.15) is 40.9 Å². The van der Waals surface area contributed by atoms with Crippen LogP contribution in [0, 0.1) is 30.9 Å². The normalized spacial score (nSPS) is 15.3. The van der Waals surface area contributed by atoms with Gasteiger partial charge in [-0.15, -0.1) is 0 Å². The van der Waals surface area contributed by atoms with Gasteiger partial charge in [0.2, 0.25) is 0 Å². The number of benzene rings is 4. The summed E-state index contributed by atoms with van der Waals surface area (Å²) in [5, 5.41) is 35.9. The van der Waals surface area contributed by atoms with Gasteiger partial charge in [-0.25, -0.2) is 28.7 Å². The van der Waals surface area contributed by atoms with Gasteiger partial charge < -0.3 is 35.3 Å². The van der Waals surface area contributed by atoms with Gasteiger partial charge in [0.15, 0.2) is 11.6 Å². The summed E-state index contributed by atoms with van der Waals surface area (Å²) in [7, 11) is 0. The van der Waals surface area contributed by atoms with E-state index >= 15 is 0 Å². The molecule has 1 amide bonds. The largest absolute Gasteiger partial charge is 0.507 e. The predicted octanol–water partition coefficient (Wildman–Crippen LogP) is 6.37. The van der Waals surface area contributed by atoms with Gasteiger partial charge in [-0.1, -0.05) is 45.0 Å². The Bertz CT molecular complexity index is 2440. The number of hydrogen-bond donors (Lipinski definition) is 4. The number of aliphatic hydroxyl groups is 1. The molecule has 14 heteroatoms. The smallest absolute Gasteiger partial charge is 0.252 e. The summed E-state index contributed by atoms with van der Waals surface area (Å²) < 4.78 is 28.9. The number of amides is 1. The highest BCUT2D eigenvalue weighted by Gasteiger charge is 2.34. The van der Waals surface area contributed by atoms with Crippen molar-refractivity contribution in [3.8, 4) is 34.3 Å². The van der Waals surface area contributed by atoms with E-state index in [2.05, 4.69) is 30.2 Å². The van der Waals surface area contributed by atoms with Crippen molar-refractivity contribution in [1.29, 1.82) is 0 Å². The van der Waals surface area contributed by atoms with Crippen LogP contribution in [0.5, 0.6) is 11.5 Å². The minimum Gasteiger partial charge on any atom is -0.507 e. The van der Waals surface area contributed by atoms with E-state index in [1.54, 1.807) is 4.90 Å². The van der Waals surface area contributed by atoms with Crippen molar-refractivity contribution < 1.29 is 28.9 Å². The molecule has 0 radical (unpaired) electrons. The van der Waals surface area contributed by atoms with Crippen LogP contribution in [0.15, 0.2) is 72.8 Å². The summed E-state index contributed by atoms with van der Waals surface area (Å²) in [5.74, 6) is -0.0502. The van der Waals surface area contributed by atoms with Crippen molar-refractivity contribution >= 4 is 39.3 Å². The number of aromatic hydroxyl groups is 2. The third-order valence-corrected chi connectivity index (χ3v) is 10.5. The Hall–Kier alpha value is -5.99. The van der Waals surface area contributed by atoms with E-state index in [1.807, 2.05) is 75.9 Å². The van der Waals surface area contributed by atoms with E-state index in [9.17, 15) is 28.9 Å². The number of rotatable bonds is 5. The highest BCUT2D eigenvalue weighted by molar-refractivity contribution is 5.93. The topological polar surface area (TPSA) is 151 Å². The Balaban J connectivity index is 0.000000183. The van der Waals surface area contributed by atoms with Crippen molar-refractivity contribution in [3.05, 3.63) is 95.6 Å². The van der Waals surface area contributed by atoms with Gasteiger partial charge in [-0.05, 0) is 78.9 Å². The Labute approximate surface area is 335 Å². The molecule has 8 rings (SSSR count). The van der Waals surface area contributed by atoms with Crippen molar-refractivity contribution in [2.75, 3.05) is 62.2 Å². The summed E-state index contributed by atoms with van der Waals surface area (Å²) >= 11 is 0. The SMILES string of the molecule is Cc1ccc2c(N3CCN(C(=O)[C@@H](O)C(C)(C)C)CC3)nc(-c3c(O)cccc3F)nc2c1.Cc1ccc2c(N3CCNCC3)nc(-c3c(O)cccc3F)nc2c1. The number of hydrogen-bond acceptors (Lipinski definition) is 11. The maximum atomic E-state index is 14.6. The lowest BCUT2D eigenvalue weighted by atomic mass is 9.88. The van der Waals surface area contributed by atoms with Crippen LogP contribution in [0.4, 0.5) is 20.4 Å². The highest BCUT2D eigenvalue weighted by Crippen LogP contribution is 2.36. The molecule has 1 atom stereocenters. The van der Waals surface area contributed by atoms with Crippen molar-refractivity contribution in [3.63, 3.8) is 0 Å². The molecule has 4 N–H and O–H groups in total. The second kappa shape index (κ2) is 16.5. The lowest BCUT2D eigenvalue weighted by molar-refractivity contribution is -0.146. The van der Waals surface area contributed by atoms with E-state index in [-0.39, 0.29) is 40.2 Å². The number of piperazine rings is 2. The van der Waals surface area contributed by atoms with Gasteiger partial charge in [-0.3, -0.25) is 4.79 Å². The number of carbonyl (C=O) groups is 1. The number of phenolic OH excluding ortho intramolecular Hbond substituents is 2. The molecule has 2 fully saturated rings. The molecule has 58 heavy (non-hydrogen) atoms. The first-order valence-corrected chi connectivity index (χ1v) is 19.4. The number of halogens is 2. The number of phenols is 2. The standard InChI is InChI=1S/C25H29FN4O3.C19H19FN4O/c1-15-8-9-16-18(14-15)27-22(20-17(26)6-5-7-19(20)31)28-23(16)29-10-12-30(13-11-29)24(33)21(32)25(2,3)4;1-12-5-6-13-15(11-12)22-18(17-14(20)3-2-4-16(17)25)23-19(13)24-9-7-21-8-10-24/h5-9,14,21,31-32H,10-13H2,1-4H3;2-6,11,21,25H,7-10H2,1H3/t21-;/m1./s1. The van der Waals surface area contributed by atoms with Crippen LogP contribution in [0.25, 0.3) is 44.6 Å². The van der Waals surface area contributed by atoms with Crippen molar-refractivity contribution in [2.45, 2.75) is 40.7 Å². The maximum Gasteiger partial charge on any atom is 0.252 e. The summed E-state index contributed by atoms with van der Waals surface area (Å²) in [4.78, 5) is 37.0. The molecule has 2 aliphatic rings. The molecular weight excluding hydrogens is 743 g/mol. The molecule has 0 unspecified atom stereocenters. The average molecular weight is 791 g/mol. The third kappa shape index (κ3) is 8.34. The molecule has 302 valence electrons. The second-order valence-corrected chi connectivity index (χ2v) is 15.9. The summed E-state index contributed by atoms with van der Waals surface area (Å²) in [6.07, 6.45) is -1.07. The molecule has 2 saturated heterocycles. The Kier molecular flexibility index (Phi) is 11.4. The number of aryl methyl sites for hydroxylation is 2. The minimum absolute atomic E-state index is 0.0377. The molecule has 4 heterocycles. The number of nitrogens with one attached hydrogen (secondary N) is 1. The molecule has 0 spiro atoms. The first-order valence-electron chi connectivity index (χ1n) is 19.4. The Morgan fingerprint density at radius 3 is 1.55 bits per heavy atom. The van der Waals surface area contributed by atoms with Gasteiger partial charge >= 0.3 is 0 Å². The summed E-state index contributed by atoms with van der Waals surface area (Å²) in [5.41, 5.74) is 2.95. The van der Waals surface area contributed by atoms with Crippen molar-refractivity contribution in [1.82, 2.24) is 30.2 Å². The molecule has 2 aromatic heterocycles. The first-order chi connectivity index (χ1) is 27.7. The zero-order chi connectivity index (χ0) is 41.3. The fraction of sp³-hybridized carbons (Fsp3) is 0.341. The number of carbonyl (C=O) groups excluding carboxylic acids is 1. The number of fused-ring (bicyclic) bond motifs is 2. The molecule has 0 bridgehead atoms. The second-order valence-electron chi connectivity index (χ2n) is 15.9. The molecule has 2 aliphatic heterocycles. The van der Waals surface area contributed by atoms with Crippen LogP contribution >= 0.6 is 0 Å². The maximum absolute atomic E-state index is 14.6. The monoisotopic (exact) mass is 790 g/mol. The predicted molar refractivity (Wildman–Crippen MR) is 222 cm³/mol. The minimum atomic E-state index is -1.07. The lowest BCUT2D eigenvalue weighted by Crippen LogP contribution is -2.53. The van der Waals surface area contributed by atoms with Crippen LogP contribution in [0.3, 0.4) is 0 Å². The van der Waals surface area contributed by atoms with E-state index in [1.165, 1.54) is 36.4 Å². The average Bonchev–Trinajstić information content (AvgIpc) is 3.19.